The summed E-state index contributed by atoms with van der Waals surface area (Å²) in [5.41, 5.74) is 1.48. The van der Waals surface area contributed by atoms with Crippen molar-refractivity contribution in [1.29, 1.82) is 0 Å². The first-order chi connectivity index (χ1) is 3.49. The molecule has 0 saturated heterocycles. The minimum atomic E-state index is 0.740. The lowest BCUT2D eigenvalue weighted by molar-refractivity contribution is 0.273. The van der Waals surface area contributed by atoms with E-state index < -0.39 is 0 Å². The molecule has 0 amide bonds. The summed E-state index contributed by atoms with van der Waals surface area (Å²) in [5, 5.41) is 0. The average Bonchev–Trinajstić information content (AvgIpc) is 2.24. The van der Waals surface area contributed by atoms with E-state index in [0.717, 1.165) is 22.7 Å². The van der Waals surface area contributed by atoms with E-state index in [4.69, 9.17) is 0 Å². The predicted octanol–water partition coefficient (Wildman–Crippen LogP) is 2.30. The van der Waals surface area contributed by atoms with Crippen LogP contribution >= 0.6 is 0 Å². The summed E-state index contributed by atoms with van der Waals surface area (Å²) in [5.74, 6) is 2.16. The molecular weight excluding hydrogens is 96.1 g/mol. The van der Waals surface area contributed by atoms with Gasteiger partial charge in [0.15, 0.2) is 0 Å². The third-order valence-electron chi connectivity index (χ3n) is 3.32. The first-order valence-electron chi connectivity index (χ1n) is 3.49. The van der Waals surface area contributed by atoms with Gasteiger partial charge in [0, 0.05) is 0 Å². The fourth-order valence-corrected chi connectivity index (χ4v) is 3.10. The molecule has 2 aliphatic carbocycles. The Bertz CT molecular complexity index is 112. The fraction of sp³-hybridized carbons (Fsp3) is 1.00. The molecule has 0 N–H and O–H groups in total. The van der Waals surface area contributed by atoms with E-state index in [1.807, 2.05) is 0 Å². The van der Waals surface area contributed by atoms with E-state index in [0.29, 0.717) is 0 Å². The molecular formula is C8H14. The number of rotatable bonds is 0. The van der Waals surface area contributed by atoms with Crippen LogP contribution in [0.25, 0.3) is 0 Å². The van der Waals surface area contributed by atoms with Crippen LogP contribution in [-0.2, 0) is 0 Å². The Morgan fingerprint density at radius 1 is 0.750 bits per heavy atom. The van der Waals surface area contributed by atoms with Crippen LogP contribution in [-0.4, -0.2) is 0 Å². The van der Waals surface area contributed by atoms with Crippen molar-refractivity contribution in [2.75, 3.05) is 0 Å². The maximum atomic E-state index is 2.38. The van der Waals surface area contributed by atoms with Gasteiger partial charge in [0.25, 0.3) is 0 Å². The van der Waals surface area contributed by atoms with Gasteiger partial charge in [-0.25, -0.2) is 0 Å². The second-order valence-electron chi connectivity index (χ2n) is 4.60. The normalized spacial score (nSPS) is 52.5. The van der Waals surface area contributed by atoms with Crippen molar-refractivity contribution in [3.63, 3.8) is 0 Å². The molecule has 0 aromatic rings. The monoisotopic (exact) mass is 110 g/mol. The predicted molar refractivity (Wildman–Crippen MR) is 34.5 cm³/mol. The Hall–Kier alpha value is 0. The largest absolute Gasteiger partial charge is 0.0593 e. The molecule has 0 unspecified atom stereocenters. The summed E-state index contributed by atoms with van der Waals surface area (Å²) in [6.07, 6.45) is 0. The molecule has 0 bridgehead atoms. The SMILES string of the molecule is CC1(C)C2C1C2(C)C. The minimum Gasteiger partial charge on any atom is -0.0593 e. The summed E-state index contributed by atoms with van der Waals surface area (Å²) < 4.78 is 0. The van der Waals surface area contributed by atoms with Crippen molar-refractivity contribution >= 4 is 0 Å². The lowest BCUT2D eigenvalue weighted by Crippen LogP contribution is -2.14. The molecule has 0 heteroatoms. The lowest BCUT2D eigenvalue weighted by Gasteiger charge is -2.21. The van der Waals surface area contributed by atoms with Gasteiger partial charge in [-0.1, -0.05) is 27.7 Å². The summed E-state index contributed by atoms with van der Waals surface area (Å²) >= 11 is 0. The van der Waals surface area contributed by atoms with Crippen molar-refractivity contribution in [2.45, 2.75) is 27.7 Å². The van der Waals surface area contributed by atoms with Crippen LogP contribution < -0.4 is 0 Å². The van der Waals surface area contributed by atoms with Crippen molar-refractivity contribution in [2.24, 2.45) is 22.7 Å². The zero-order valence-corrected chi connectivity index (χ0v) is 6.15. The quantitative estimate of drug-likeness (QED) is 0.449. The van der Waals surface area contributed by atoms with Crippen molar-refractivity contribution in [1.82, 2.24) is 0 Å². The number of hydrogen-bond acceptors (Lipinski definition) is 0. The molecule has 46 valence electrons. The van der Waals surface area contributed by atoms with Gasteiger partial charge in [0.1, 0.15) is 0 Å². The zero-order valence-electron chi connectivity index (χ0n) is 6.15. The van der Waals surface area contributed by atoms with Gasteiger partial charge < -0.3 is 0 Å². The smallest absolute Gasteiger partial charge is 0.0267 e. The van der Waals surface area contributed by atoms with Gasteiger partial charge in [0.2, 0.25) is 0 Å². The van der Waals surface area contributed by atoms with Gasteiger partial charge in [-0.05, 0) is 22.7 Å². The first kappa shape index (κ1) is 4.84. The highest BCUT2D eigenvalue weighted by Crippen LogP contribution is 2.87. The van der Waals surface area contributed by atoms with Crippen LogP contribution in [0, 0.1) is 22.7 Å². The van der Waals surface area contributed by atoms with Gasteiger partial charge in [-0.15, -0.1) is 0 Å². The maximum absolute atomic E-state index is 2.38. The van der Waals surface area contributed by atoms with E-state index in [1.54, 1.807) is 0 Å². The Morgan fingerprint density at radius 3 is 1.00 bits per heavy atom. The van der Waals surface area contributed by atoms with Crippen molar-refractivity contribution in [3.8, 4) is 0 Å². The molecule has 2 aliphatic rings. The van der Waals surface area contributed by atoms with Crippen LogP contribution in [0.15, 0.2) is 0 Å². The van der Waals surface area contributed by atoms with Crippen molar-refractivity contribution < 1.29 is 0 Å². The van der Waals surface area contributed by atoms with Gasteiger partial charge in [0.05, 0.1) is 0 Å². The Labute approximate surface area is 51.3 Å². The molecule has 0 heterocycles. The second-order valence-corrected chi connectivity index (χ2v) is 4.60. The number of hydrogen-bond donors (Lipinski definition) is 0. The molecule has 0 aromatic heterocycles. The molecule has 2 fully saturated rings. The van der Waals surface area contributed by atoms with Gasteiger partial charge in [-0.2, -0.15) is 0 Å². The van der Waals surface area contributed by atoms with E-state index in [1.165, 1.54) is 0 Å². The third kappa shape index (κ3) is 0.260. The zero-order chi connectivity index (χ0) is 6.15. The summed E-state index contributed by atoms with van der Waals surface area (Å²) in [7, 11) is 0. The minimum absolute atomic E-state index is 0.740. The summed E-state index contributed by atoms with van der Waals surface area (Å²) in [4.78, 5) is 0. The highest BCUT2D eigenvalue weighted by atomic mass is 14.9. The van der Waals surface area contributed by atoms with Gasteiger partial charge >= 0.3 is 0 Å². The van der Waals surface area contributed by atoms with E-state index >= 15 is 0 Å². The Balaban J connectivity index is 2.13. The third-order valence-corrected chi connectivity index (χ3v) is 3.32. The average molecular weight is 110 g/mol. The molecule has 0 aromatic carbocycles. The van der Waals surface area contributed by atoms with Crippen LogP contribution in [0.2, 0.25) is 0 Å². The van der Waals surface area contributed by atoms with E-state index in [9.17, 15) is 0 Å². The molecule has 0 nitrogen and oxygen atoms in total. The molecule has 8 heavy (non-hydrogen) atoms. The standard InChI is InChI=1S/C8H14/c1-7(2)5-6(7)8(5,3)4/h5-6H,1-4H3. The van der Waals surface area contributed by atoms with Crippen LogP contribution in [0.1, 0.15) is 27.7 Å². The fourth-order valence-electron chi connectivity index (χ4n) is 3.10. The highest BCUT2D eigenvalue weighted by Gasteiger charge is 2.83. The summed E-state index contributed by atoms with van der Waals surface area (Å²) in [6.45, 7) is 9.53. The lowest BCUT2D eigenvalue weighted by atomic mass is 9.84. The molecule has 0 aliphatic heterocycles. The Kier molecular flexibility index (Phi) is 0.471. The van der Waals surface area contributed by atoms with E-state index in [2.05, 4.69) is 27.7 Å². The van der Waals surface area contributed by atoms with Crippen LogP contribution in [0.4, 0.5) is 0 Å². The summed E-state index contributed by atoms with van der Waals surface area (Å²) in [6, 6.07) is 0. The van der Waals surface area contributed by atoms with Crippen molar-refractivity contribution in [3.05, 3.63) is 0 Å². The molecule has 0 atom stereocenters. The first-order valence-corrected chi connectivity index (χ1v) is 3.49. The Morgan fingerprint density at radius 2 is 1.00 bits per heavy atom. The number of fused-ring (bicyclic) bond motifs is 1. The second kappa shape index (κ2) is 0.778. The highest BCUT2D eigenvalue weighted by molar-refractivity contribution is 5.30. The van der Waals surface area contributed by atoms with Crippen LogP contribution in [0.5, 0.6) is 0 Å². The topological polar surface area (TPSA) is 0 Å². The molecule has 0 radical (unpaired) electrons. The van der Waals surface area contributed by atoms with Gasteiger partial charge in [-0.3, -0.25) is 0 Å². The molecule has 0 spiro atoms. The maximum Gasteiger partial charge on any atom is -0.0267 e. The van der Waals surface area contributed by atoms with Crippen LogP contribution in [0.3, 0.4) is 0 Å². The van der Waals surface area contributed by atoms with E-state index in [-0.39, 0.29) is 0 Å². The molecule has 2 rings (SSSR count). The molecule has 2 saturated carbocycles.